The van der Waals surface area contributed by atoms with Crippen LogP contribution in [0.15, 0.2) is 54.6 Å². The van der Waals surface area contributed by atoms with E-state index in [0.29, 0.717) is 0 Å². The topological polar surface area (TPSA) is 27.1 Å². The first kappa shape index (κ1) is 22.1. The fraction of sp³-hybridized carbons (Fsp3) is 0.286. The van der Waals surface area contributed by atoms with Crippen LogP contribution in [0.2, 0.25) is 0 Å². The third-order valence-corrected chi connectivity index (χ3v) is 3.50. The quantitative estimate of drug-likeness (QED) is 0.515. The number of methoxy groups -OCH3 is 1. The normalized spacial score (nSPS) is 10.3. The molecule has 126 valence electrons. The van der Waals surface area contributed by atoms with Crippen molar-refractivity contribution in [1.82, 2.24) is 9.78 Å². The molecule has 0 saturated heterocycles. The zero-order valence-electron chi connectivity index (χ0n) is 16.0. The van der Waals surface area contributed by atoms with Crippen molar-refractivity contribution in [3.05, 3.63) is 78.1 Å². The van der Waals surface area contributed by atoms with Crippen LogP contribution in [0.25, 0.3) is 5.69 Å². The van der Waals surface area contributed by atoms with Gasteiger partial charge in [-0.3, -0.25) is 5.10 Å². The van der Waals surface area contributed by atoms with Crippen LogP contribution in [-0.4, -0.2) is 16.9 Å². The van der Waals surface area contributed by atoms with Crippen molar-refractivity contribution in [1.29, 1.82) is 0 Å². The molecular formula is C21H24KN2O-. The summed E-state index contributed by atoms with van der Waals surface area (Å²) in [6, 6.07) is 20.5. The van der Waals surface area contributed by atoms with Crippen LogP contribution in [0.1, 0.15) is 32.0 Å². The number of rotatable bonds is 2. The van der Waals surface area contributed by atoms with Crippen molar-refractivity contribution in [3.8, 4) is 11.4 Å². The second-order valence-corrected chi connectivity index (χ2v) is 6.60. The number of hydrogen-bond acceptors (Lipinski definition) is 2. The van der Waals surface area contributed by atoms with Crippen molar-refractivity contribution < 1.29 is 56.1 Å². The third kappa shape index (κ3) is 7.08. The second kappa shape index (κ2) is 10.3. The summed E-state index contributed by atoms with van der Waals surface area (Å²) in [6.45, 7) is 8.55. The number of benzene rings is 2. The summed E-state index contributed by atoms with van der Waals surface area (Å²) in [5.74, 6) is 0.878. The third-order valence-electron chi connectivity index (χ3n) is 3.50. The molecule has 3 nitrogen and oxygen atoms in total. The van der Waals surface area contributed by atoms with Crippen LogP contribution in [0, 0.1) is 19.2 Å². The van der Waals surface area contributed by atoms with Gasteiger partial charge in [-0.1, -0.05) is 56.8 Å². The molecule has 2 aromatic carbocycles. The zero-order valence-corrected chi connectivity index (χ0v) is 19.1. The van der Waals surface area contributed by atoms with E-state index in [2.05, 4.69) is 69.3 Å². The summed E-state index contributed by atoms with van der Waals surface area (Å²) in [5.41, 5.74) is 3.45. The van der Waals surface area contributed by atoms with E-state index in [1.807, 2.05) is 30.3 Å². The van der Waals surface area contributed by atoms with Crippen LogP contribution in [0.5, 0.6) is 5.75 Å². The van der Waals surface area contributed by atoms with Crippen LogP contribution < -0.4 is 56.1 Å². The Morgan fingerprint density at radius 3 is 2.04 bits per heavy atom. The van der Waals surface area contributed by atoms with Gasteiger partial charge < -0.3 is 9.42 Å². The van der Waals surface area contributed by atoms with Crippen molar-refractivity contribution in [2.45, 2.75) is 33.1 Å². The minimum absolute atomic E-state index is 0. The van der Waals surface area contributed by atoms with E-state index in [1.165, 1.54) is 5.56 Å². The molecule has 0 aliphatic heterocycles. The van der Waals surface area contributed by atoms with Gasteiger partial charge in [0.05, 0.1) is 7.11 Å². The van der Waals surface area contributed by atoms with Crippen molar-refractivity contribution >= 4 is 0 Å². The first-order valence-corrected chi connectivity index (χ1v) is 7.95. The van der Waals surface area contributed by atoms with Gasteiger partial charge in [0, 0.05) is 5.75 Å². The molecule has 0 radical (unpaired) electrons. The maximum Gasteiger partial charge on any atom is 1.00 e. The minimum Gasteiger partial charge on any atom is -0.522 e. The van der Waals surface area contributed by atoms with E-state index in [-0.39, 0.29) is 56.8 Å². The molecule has 0 aliphatic carbocycles. The molecule has 25 heavy (non-hydrogen) atoms. The Bertz CT molecular complexity index is 744. The Morgan fingerprint density at radius 2 is 1.60 bits per heavy atom. The molecule has 0 N–H and O–H groups in total. The number of nitrogens with zero attached hydrogens (tertiary/aromatic N) is 2. The van der Waals surface area contributed by atoms with E-state index >= 15 is 0 Å². The van der Waals surface area contributed by atoms with E-state index in [9.17, 15) is 0 Å². The first-order chi connectivity index (χ1) is 11.4. The average molecular weight is 360 g/mol. The second-order valence-electron chi connectivity index (χ2n) is 6.60. The van der Waals surface area contributed by atoms with Gasteiger partial charge in [-0.15, -0.1) is 18.2 Å². The van der Waals surface area contributed by atoms with Crippen molar-refractivity contribution in [3.63, 3.8) is 0 Å². The van der Waals surface area contributed by atoms with E-state index in [1.54, 1.807) is 11.8 Å². The fourth-order valence-corrected chi connectivity index (χ4v) is 1.98. The molecule has 0 spiro atoms. The molecule has 3 aromatic rings. The molecule has 3 rings (SSSR count). The Hall–Kier alpha value is -0.914. The van der Waals surface area contributed by atoms with Gasteiger partial charge in [-0.2, -0.15) is 18.2 Å². The van der Waals surface area contributed by atoms with Crippen molar-refractivity contribution in [2.24, 2.45) is 0 Å². The van der Waals surface area contributed by atoms with Gasteiger partial charge in [0.1, 0.15) is 0 Å². The minimum atomic E-state index is 0. The molecule has 0 aliphatic rings. The standard InChI is InChI=1S/C14H17N2.C7H7O.K/c1-11-5-7-12(8-6-11)16-10-9-13(15-16)14(2,3)4;1-8-7-5-3-2-4-6-7;/h5-9H,1-4H3;3-6H,1H3;/q2*-1;+1. The van der Waals surface area contributed by atoms with Gasteiger partial charge in [0.2, 0.25) is 0 Å². The summed E-state index contributed by atoms with van der Waals surface area (Å²) in [6.07, 6.45) is 3.15. The van der Waals surface area contributed by atoms with Gasteiger partial charge in [-0.25, -0.2) is 0 Å². The van der Waals surface area contributed by atoms with Gasteiger partial charge >= 0.3 is 51.4 Å². The average Bonchev–Trinajstić information content (AvgIpc) is 3.07. The number of aromatic nitrogens is 2. The monoisotopic (exact) mass is 359 g/mol. The van der Waals surface area contributed by atoms with Gasteiger partial charge in [0.15, 0.2) is 0 Å². The smallest absolute Gasteiger partial charge is 0.522 e. The first-order valence-electron chi connectivity index (χ1n) is 7.95. The number of ether oxygens (including phenoxy) is 1. The largest absolute Gasteiger partial charge is 1.00 e. The van der Waals surface area contributed by atoms with Gasteiger partial charge in [0.25, 0.3) is 0 Å². The molecule has 0 atom stereocenters. The maximum atomic E-state index is 4.89. The molecule has 0 bridgehead atoms. The summed E-state index contributed by atoms with van der Waals surface area (Å²) < 4.78 is 6.70. The van der Waals surface area contributed by atoms with E-state index in [0.717, 1.165) is 17.1 Å². The van der Waals surface area contributed by atoms with E-state index < -0.39 is 0 Å². The zero-order chi connectivity index (χ0) is 17.6. The maximum absolute atomic E-state index is 4.89. The van der Waals surface area contributed by atoms with Crippen LogP contribution in [0.4, 0.5) is 0 Å². The number of hydrogen-bond donors (Lipinski definition) is 0. The van der Waals surface area contributed by atoms with Crippen LogP contribution in [-0.2, 0) is 5.41 Å². The van der Waals surface area contributed by atoms with E-state index in [4.69, 9.17) is 4.74 Å². The Kier molecular flexibility index (Phi) is 9.11. The molecule has 0 unspecified atom stereocenters. The summed E-state index contributed by atoms with van der Waals surface area (Å²) in [7, 11) is 1.65. The predicted molar refractivity (Wildman–Crippen MR) is 97.7 cm³/mol. The predicted octanol–water partition coefficient (Wildman–Crippen LogP) is 1.78. The Morgan fingerprint density at radius 1 is 1.00 bits per heavy atom. The molecule has 1 aromatic heterocycles. The molecule has 1 heterocycles. The van der Waals surface area contributed by atoms with Crippen LogP contribution >= 0.6 is 0 Å². The molecule has 0 amide bonds. The Balaban J connectivity index is 0.000000295. The summed E-state index contributed by atoms with van der Waals surface area (Å²) in [5, 5.41) is 4.54. The molecular weight excluding hydrogens is 335 g/mol. The molecule has 0 fully saturated rings. The fourth-order valence-electron chi connectivity index (χ4n) is 1.98. The SMILES string of the molecule is COc1cc[c-]cc1.Cc1ccc(-n2[c-]cc(C(C)(C)C)n2)cc1.[K+]. The van der Waals surface area contributed by atoms with Crippen molar-refractivity contribution in [2.75, 3.05) is 7.11 Å². The van der Waals surface area contributed by atoms with Crippen LogP contribution in [0.3, 0.4) is 0 Å². The number of aryl methyl sites for hydroxylation is 1. The summed E-state index contributed by atoms with van der Waals surface area (Å²) in [4.78, 5) is 0. The molecule has 4 heteroatoms. The molecule has 0 saturated carbocycles. The van der Waals surface area contributed by atoms with Gasteiger partial charge in [-0.05, 0) is 23.7 Å². The Labute approximate surface area is 193 Å². The summed E-state index contributed by atoms with van der Waals surface area (Å²) >= 11 is 0.